The second-order valence-electron chi connectivity index (χ2n) is 11.0. The van der Waals surface area contributed by atoms with Crippen molar-refractivity contribution in [3.63, 3.8) is 0 Å². The van der Waals surface area contributed by atoms with Gasteiger partial charge in [-0.1, -0.05) is 90.2 Å². The van der Waals surface area contributed by atoms with Crippen molar-refractivity contribution in [1.29, 1.82) is 0 Å². The molecule has 0 aliphatic carbocycles. The molecule has 2 aromatic carbocycles. The molecule has 0 unspecified atom stereocenters. The number of hydrogen-bond acceptors (Lipinski definition) is 3. The van der Waals surface area contributed by atoms with Crippen LogP contribution in [-0.2, 0) is 0 Å². The number of unbranched alkanes of at least 4 members (excludes halogenated alkanes) is 10. The lowest BCUT2D eigenvalue weighted by atomic mass is 9.52. The number of nitrogens with zero attached hydrogens (tertiary/aromatic N) is 1. The summed E-state index contributed by atoms with van der Waals surface area (Å²) in [5.41, 5.74) is 7.83. The van der Waals surface area contributed by atoms with Crippen LogP contribution in [0.1, 0.15) is 102 Å². The first-order valence-corrected chi connectivity index (χ1v) is 14.7. The number of aryl methyl sites for hydroxylation is 2. The van der Waals surface area contributed by atoms with E-state index >= 15 is 0 Å². The first kappa shape index (κ1) is 28.6. The molecule has 4 heteroatoms. The molecule has 1 heterocycles. The quantitative estimate of drug-likeness (QED) is 0.170. The smallest absolute Gasteiger partial charge is 0.293 e. The molecule has 3 rings (SSSR count). The first-order chi connectivity index (χ1) is 17.5. The maximum absolute atomic E-state index is 6.31. The number of rotatable bonds is 17. The summed E-state index contributed by atoms with van der Waals surface area (Å²) < 4.78 is 12.6. The Hall–Kier alpha value is -1.94. The monoisotopic (exact) mass is 491 g/mol. The van der Waals surface area contributed by atoms with Gasteiger partial charge in [-0.15, -0.1) is 0 Å². The Kier molecular flexibility index (Phi) is 11.7. The fraction of sp³-hybridized carbons (Fsp3) is 0.625. The van der Waals surface area contributed by atoms with E-state index in [9.17, 15) is 0 Å². The molecule has 0 spiro atoms. The molecule has 1 aliphatic rings. The van der Waals surface area contributed by atoms with Crippen molar-refractivity contribution in [2.24, 2.45) is 0 Å². The third-order valence-corrected chi connectivity index (χ3v) is 7.60. The van der Waals surface area contributed by atoms with Crippen LogP contribution in [0.4, 0.5) is 0 Å². The van der Waals surface area contributed by atoms with Crippen LogP contribution in [-0.4, -0.2) is 39.0 Å². The lowest BCUT2D eigenvalue weighted by Gasteiger charge is -2.19. The summed E-state index contributed by atoms with van der Waals surface area (Å²) in [4.78, 5) is 2.33. The molecule has 3 nitrogen and oxygen atoms in total. The minimum absolute atomic E-state index is 0.271. The van der Waals surface area contributed by atoms with Gasteiger partial charge in [-0.25, -0.2) is 0 Å². The van der Waals surface area contributed by atoms with Crippen molar-refractivity contribution >= 4 is 17.8 Å². The summed E-state index contributed by atoms with van der Waals surface area (Å²) >= 11 is 0. The van der Waals surface area contributed by atoms with Crippen LogP contribution in [0.5, 0.6) is 11.5 Å². The zero-order valence-corrected chi connectivity index (χ0v) is 24.0. The highest BCUT2D eigenvalue weighted by molar-refractivity contribution is 6.87. The van der Waals surface area contributed by atoms with Crippen molar-refractivity contribution < 1.29 is 9.47 Å². The summed E-state index contributed by atoms with van der Waals surface area (Å²) in [7, 11) is 4.36. The van der Waals surface area contributed by atoms with E-state index in [1.807, 2.05) is 0 Å². The fourth-order valence-corrected chi connectivity index (χ4v) is 5.50. The molecule has 0 saturated carbocycles. The van der Waals surface area contributed by atoms with Crippen molar-refractivity contribution in [1.82, 2.24) is 4.81 Å². The standard InChI is InChI=1S/C32H50BNO2/c1-7-9-11-13-15-17-19-35-31-23-27-28-24-32(36-20-18-16-14-12-10-8-2)26(4)22-30(28)33(34(5)6)29(27)21-25(31)3/h21-24H,7-20H2,1-6H3. The van der Waals surface area contributed by atoms with Crippen LogP contribution in [0, 0.1) is 13.8 Å². The average molecular weight is 492 g/mol. The van der Waals surface area contributed by atoms with E-state index in [1.54, 1.807) is 0 Å². The molecule has 0 fully saturated rings. The SMILES string of the molecule is CCCCCCCCOc1cc2c(cc1C)B(N(C)C)c1cc(C)c(OCCCCCCCC)cc1-2. The van der Waals surface area contributed by atoms with E-state index in [1.165, 1.54) is 97.4 Å². The lowest BCUT2D eigenvalue weighted by Crippen LogP contribution is -2.50. The van der Waals surface area contributed by atoms with Gasteiger partial charge in [0.05, 0.1) is 13.2 Å². The lowest BCUT2D eigenvalue weighted by molar-refractivity contribution is 0.302. The topological polar surface area (TPSA) is 21.7 Å². The van der Waals surface area contributed by atoms with E-state index in [4.69, 9.17) is 9.47 Å². The molecular weight excluding hydrogens is 441 g/mol. The Bertz CT molecular complexity index is 882. The van der Waals surface area contributed by atoms with Gasteiger partial charge in [0.25, 0.3) is 6.85 Å². The maximum atomic E-state index is 6.31. The predicted octanol–water partition coefficient (Wildman–Crippen LogP) is 7.43. The molecule has 0 radical (unpaired) electrons. The van der Waals surface area contributed by atoms with Gasteiger partial charge in [0.1, 0.15) is 11.5 Å². The third-order valence-electron chi connectivity index (χ3n) is 7.60. The van der Waals surface area contributed by atoms with Gasteiger partial charge in [-0.2, -0.15) is 0 Å². The Morgan fingerprint density at radius 3 is 1.36 bits per heavy atom. The van der Waals surface area contributed by atoms with Crippen molar-refractivity contribution in [2.75, 3.05) is 27.3 Å². The molecule has 2 aromatic rings. The van der Waals surface area contributed by atoms with Gasteiger partial charge in [0.2, 0.25) is 0 Å². The van der Waals surface area contributed by atoms with Crippen LogP contribution in [0.3, 0.4) is 0 Å². The average Bonchev–Trinajstić information content (AvgIpc) is 3.14. The van der Waals surface area contributed by atoms with Gasteiger partial charge in [-0.3, -0.25) is 0 Å². The van der Waals surface area contributed by atoms with Gasteiger partial charge < -0.3 is 14.3 Å². The van der Waals surface area contributed by atoms with Gasteiger partial charge in [0, 0.05) is 0 Å². The van der Waals surface area contributed by atoms with E-state index in [2.05, 4.69) is 70.9 Å². The summed E-state index contributed by atoms with van der Waals surface area (Å²) in [5, 5.41) is 0. The normalized spacial score (nSPS) is 12.2. The summed E-state index contributed by atoms with van der Waals surface area (Å²) in [6, 6.07) is 9.28. The largest absolute Gasteiger partial charge is 0.493 e. The van der Waals surface area contributed by atoms with Gasteiger partial charge in [-0.05, 0) is 86.1 Å². The summed E-state index contributed by atoms with van der Waals surface area (Å²) in [6.45, 7) is 10.8. The first-order valence-electron chi connectivity index (χ1n) is 14.7. The number of benzene rings is 2. The van der Waals surface area contributed by atoms with Crippen LogP contribution < -0.4 is 20.4 Å². The van der Waals surface area contributed by atoms with Crippen molar-refractivity contribution in [2.45, 2.75) is 105 Å². The number of fused-ring (bicyclic) bond motifs is 3. The van der Waals surface area contributed by atoms with Crippen LogP contribution in [0.15, 0.2) is 24.3 Å². The van der Waals surface area contributed by atoms with E-state index < -0.39 is 0 Å². The Morgan fingerprint density at radius 2 is 0.972 bits per heavy atom. The highest BCUT2D eigenvalue weighted by atomic mass is 16.5. The molecule has 198 valence electrons. The molecule has 0 bridgehead atoms. The van der Waals surface area contributed by atoms with Crippen molar-refractivity contribution in [3.8, 4) is 22.6 Å². The van der Waals surface area contributed by atoms with Gasteiger partial charge >= 0.3 is 0 Å². The molecule has 1 aliphatic heterocycles. The van der Waals surface area contributed by atoms with Crippen LogP contribution >= 0.6 is 0 Å². The highest BCUT2D eigenvalue weighted by Gasteiger charge is 2.36. The molecule has 0 N–H and O–H groups in total. The molecule has 0 aromatic heterocycles. The molecule has 36 heavy (non-hydrogen) atoms. The second kappa shape index (κ2) is 14.7. The third kappa shape index (κ3) is 7.54. The van der Waals surface area contributed by atoms with Gasteiger partial charge in [0.15, 0.2) is 0 Å². The molecular formula is C32H50BNO2. The maximum Gasteiger partial charge on any atom is 0.293 e. The van der Waals surface area contributed by atoms with E-state index in [0.29, 0.717) is 0 Å². The summed E-state index contributed by atoms with van der Waals surface area (Å²) in [6.07, 6.45) is 15.4. The second-order valence-corrected chi connectivity index (χ2v) is 11.0. The zero-order chi connectivity index (χ0) is 25.9. The fourth-order valence-electron chi connectivity index (χ4n) is 5.50. The van der Waals surface area contributed by atoms with Crippen molar-refractivity contribution in [3.05, 3.63) is 35.4 Å². The zero-order valence-electron chi connectivity index (χ0n) is 24.0. The number of hydrogen-bond donors (Lipinski definition) is 0. The minimum Gasteiger partial charge on any atom is -0.493 e. The predicted molar refractivity (Wildman–Crippen MR) is 158 cm³/mol. The minimum atomic E-state index is 0.271. The molecule has 0 amide bonds. The van der Waals surface area contributed by atoms with E-state index in [-0.39, 0.29) is 6.85 Å². The van der Waals surface area contributed by atoms with Crippen LogP contribution in [0.2, 0.25) is 0 Å². The summed E-state index contributed by atoms with van der Waals surface area (Å²) in [5.74, 6) is 2.06. The Labute approximate surface area is 222 Å². The van der Waals surface area contributed by atoms with E-state index in [0.717, 1.165) is 37.6 Å². The Balaban J connectivity index is 1.72. The molecule has 0 atom stereocenters. The number of ether oxygens (including phenoxy) is 2. The molecule has 0 saturated heterocycles. The highest BCUT2D eigenvalue weighted by Crippen LogP contribution is 2.33. The Morgan fingerprint density at radius 1 is 0.583 bits per heavy atom. The van der Waals surface area contributed by atoms with Crippen LogP contribution in [0.25, 0.3) is 11.1 Å².